The van der Waals surface area contributed by atoms with E-state index in [4.69, 9.17) is 16.3 Å². The molecule has 1 aliphatic rings. The van der Waals surface area contributed by atoms with Gasteiger partial charge in [0.25, 0.3) is 5.91 Å². The first kappa shape index (κ1) is 17.9. The molecule has 1 aliphatic heterocycles. The summed E-state index contributed by atoms with van der Waals surface area (Å²) in [5.74, 6) is -0.158. The Hall–Kier alpha value is -1.88. The second kappa shape index (κ2) is 8.48. The van der Waals surface area contributed by atoms with E-state index in [2.05, 4.69) is 29.4 Å². The van der Waals surface area contributed by atoms with Gasteiger partial charge in [0, 0.05) is 42.1 Å². The SMILES string of the molecule is CN(Cc1ccc(NC(=O)c2cccc(Cl)c2)cc1)C1CCOCC1. The molecule has 0 bridgehead atoms. The molecule has 2 aromatic rings. The van der Waals surface area contributed by atoms with Crippen LogP contribution in [0.4, 0.5) is 5.69 Å². The summed E-state index contributed by atoms with van der Waals surface area (Å²) in [6.07, 6.45) is 2.18. The van der Waals surface area contributed by atoms with Crippen molar-refractivity contribution in [1.82, 2.24) is 4.90 Å². The Morgan fingerprint density at radius 3 is 2.60 bits per heavy atom. The number of hydrogen-bond donors (Lipinski definition) is 1. The fraction of sp³-hybridized carbons (Fsp3) is 0.350. The highest BCUT2D eigenvalue weighted by Gasteiger charge is 2.18. The van der Waals surface area contributed by atoms with Gasteiger partial charge in [0.05, 0.1) is 0 Å². The van der Waals surface area contributed by atoms with Crippen LogP contribution in [0.2, 0.25) is 5.02 Å². The highest BCUT2D eigenvalue weighted by molar-refractivity contribution is 6.31. The average Bonchev–Trinajstić information content (AvgIpc) is 2.64. The van der Waals surface area contributed by atoms with E-state index in [9.17, 15) is 4.79 Å². The van der Waals surface area contributed by atoms with Crippen molar-refractivity contribution in [2.75, 3.05) is 25.6 Å². The summed E-state index contributed by atoms with van der Waals surface area (Å²) in [4.78, 5) is 14.6. The number of anilines is 1. The van der Waals surface area contributed by atoms with Crippen LogP contribution in [0.25, 0.3) is 0 Å². The molecule has 1 N–H and O–H groups in total. The third-order valence-electron chi connectivity index (χ3n) is 4.54. The van der Waals surface area contributed by atoms with Gasteiger partial charge in [-0.1, -0.05) is 29.8 Å². The van der Waals surface area contributed by atoms with Gasteiger partial charge in [-0.15, -0.1) is 0 Å². The summed E-state index contributed by atoms with van der Waals surface area (Å²) >= 11 is 5.93. The number of carbonyl (C=O) groups excluding carboxylic acids is 1. The van der Waals surface area contributed by atoms with E-state index in [-0.39, 0.29) is 5.91 Å². The van der Waals surface area contributed by atoms with Crippen LogP contribution in [0.15, 0.2) is 48.5 Å². The lowest BCUT2D eigenvalue weighted by atomic mass is 10.1. The topological polar surface area (TPSA) is 41.6 Å². The highest BCUT2D eigenvalue weighted by Crippen LogP contribution is 2.18. The van der Waals surface area contributed by atoms with Crippen molar-refractivity contribution >= 4 is 23.2 Å². The zero-order valence-electron chi connectivity index (χ0n) is 14.4. The maximum atomic E-state index is 12.2. The largest absolute Gasteiger partial charge is 0.381 e. The Kier molecular flexibility index (Phi) is 6.08. The fourth-order valence-electron chi connectivity index (χ4n) is 3.07. The number of rotatable bonds is 5. The zero-order chi connectivity index (χ0) is 17.6. The lowest BCUT2D eigenvalue weighted by Gasteiger charge is -2.31. The molecule has 25 heavy (non-hydrogen) atoms. The van der Waals surface area contributed by atoms with E-state index in [1.807, 2.05) is 12.1 Å². The summed E-state index contributed by atoms with van der Waals surface area (Å²) < 4.78 is 5.42. The van der Waals surface area contributed by atoms with Crippen molar-refractivity contribution in [2.24, 2.45) is 0 Å². The van der Waals surface area contributed by atoms with Gasteiger partial charge in [-0.05, 0) is 55.8 Å². The van der Waals surface area contributed by atoms with Crippen LogP contribution in [0, 0.1) is 0 Å². The molecule has 4 nitrogen and oxygen atoms in total. The zero-order valence-corrected chi connectivity index (χ0v) is 15.1. The molecule has 0 radical (unpaired) electrons. The highest BCUT2D eigenvalue weighted by atomic mass is 35.5. The molecular weight excluding hydrogens is 336 g/mol. The lowest BCUT2D eigenvalue weighted by molar-refractivity contribution is 0.0407. The normalized spacial score (nSPS) is 15.3. The van der Waals surface area contributed by atoms with Gasteiger partial charge in [-0.25, -0.2) is 0 Å². The fourth-order valence-corrected chi connectivity index (χ4v) is 3.26. The van der Waals surface area contributed by atoms with Crippen molar-refractivity contribution < 1.29 is 9.53 Å². The number of hydrogen-bond acceptors (Lipinski definition) is 3. The summed E-state index contributed by atoms with van der Waals surface area (Å²) in [5, 5.41) is 3.46. The summed E-state index contributed by atoms with van der Waals surface area (Å²) in [6, 6.07) is 15.5. The van der Waals surface area contributed by atoms with Crippen molar-refractivity contribution in [1.29, 1.82) is 0 Å². The van der Waals surface area contributed by atoms with E-state index < -0.39 is 0 Å². The molecule has 0 spiro atoms. The van der Waals surface area contributed by atoms with Crippen LogP contribution in [-0.4, -0.2) is 37.1 Å². The van der Waals surface area contributed by atoms with Gasteiger partial charge in [0.15, 0.2) is 0 Å². The van der Waals surface area contributed by atoms with E-state index >= 15 is 0 Å². The standard InChI is InChI=1S/C20H23ClN2O2/c1-23(19-9-11-25-12-10-19)14-15-5-7-18(8-6-15)22-20(24)16-3-2-4-17(21)13-16/h2-8,13,19H,9-12,14H2,1H3,(H,22,24). The van der Waals surface area contributed by atoms with Crippen LogP contribution in [0.3, 0.4) is 0 Å². The van der Waals surface area contributed by atoms with Gasteiger partial charge in [-0.2, -0.15) is 0 Å². The quantitative estimate of drug-likeness (QED) is 0.870. The molecule has 1 amide bonds. The number of amides is 1. The van der Waals surface area contributed by atoms with Crippen LogP contribution in [0.1, 0.15) is 28.8 Å². The molecule has 0 aromatic heterocycles. The minimum absolute atomic E-state index is 0.158. The molecule has 0 atom stereocenters. The smallest absolute Gasteiger partial charge is 0.255 e. The maximum absolute atomic E-state index is 12.2. The monoisotopic (exact) mass is 358 g/mol. The molecule has 5 heteroatoms. The molecule has 132 valence electrons. The number of carbonyl (C=O) groups is 1. The molecule has 0 saturated carbocycles. The minimum Gasteiger partial charge on any atom is -0.381 e. The van der Waals surface area contributed by atoms with Crippen molar-refractivity contribution in [3.8, 4) is 0 Å². The van der Waals surface area contributed by atoms with E-state index in [1.54, 1.807) is 24.3 Å². The Balaban J connectivity index is 1.57. The predicted molar refractivity (Wildman–Crippen MR) is 101 cm³/mol. The molecule has 1 fully saturated rings. The van der Waals surface area contributed by atoms with E-state index in [0.29, 0.717) is 16.6 Å². The van der Waals surface area contributed by atoms with Gasteiger partial charge >= 0.3 is 0 Å². The summed E-state index contributed by atoms with van der Waals surface area (Å²) in [5.41, 5.74) is 2.56. The molecule has 0 aliphatic carbocycles. The molecule has 3 rings (SSSR count). The Labute approximate surface area is 153 Å². The van der Waals surface area contributed by atoms with Crippen molar-refractivity contribution in [3.05, 3.63) is 64.7 Å². The third kappa shape index (κ3) is 5.05. The third-order valence-corrected chi connectivity index (χ3v) is 4.78. The number of halogens is 1. The first-order chi connectivity index (χ1) is 12.1. The number of nitrogens with one attached hydrogen (secondary N) is 1. The van der Waals surface area contributed by atoms with Crippen molar-refractivity contribution in [2.45, 2.75) is 25.4 Å². The minimum atomic E-state index is -0.158. The first-order valence-electron chi connectivity index (χ1n) is 8.55. The predicted octanol–water partition coefficient (Wildman–Crippen LogP) is 4.20. The van der Waals surface area contributed by atoms with Crippen LogP contribution in [0.5, 0.6) is 0 Å². The van der Waals surface area contributed by atoms with Gasteiger partial charge in [-0.3, -0.25) is 9.69 Å². The van der Waals surface area contributed by atoms with Crippen LogP contribution < -0.4 is 5.32 Å². The van der Waals surface area contributed by atoms with Crippen LogP contribution >= 0.6 is 11.6 Å². The number of benzene rings is 2. The second-order valence-electron chi connectivity index (χ2n) is 6.42. The number of nitrogens with zero attached hydrogens (tertiary/aromatic N) is 1. The average molecular weight is 359 g/mol. The lowest BCUT2D eigenvalue weighted by Crippen LogP contribution is -2.36. The Morgan fingerprint density at radius 2 is 1.92 bits per heavy atom. The van der Waals surface area contributed by atoms with Gasteiger partial charge in [0.2, 0.25) is 0 Å². The molecule has 0 unspecified atom stereocenters. The summed E-state index contributed by atoms with van der Waals surface area (Å²) in [6.45, 7) is 2.60. The van der Waals surface area contributed by atoms with Gasteiger partial charge < -0.3 is 10.1 Å². The molecular formula is C20H23ClN2O2. The van der Waals surface area contributed by atoms with Crippen molar-refractivity contribution in [3.63, 3.8) is 0 Å². The second-order valence-corrected chi connectivity index (χ2v) is 6.86. The van der Waals surface area contributed by atoms with Gasteiger partial charge in [0.1, 0.15) is 0 Å². The molecule has 1 saturated heterocycles. The van der Waals surface area contributed by atoms with Crippen LogP contribution in [-0.2, 0) is 11.3 Å². The first-order valence-corrected chi connectivity index (χ1v) is 8.93. The molecule has 2 aromatic carbocycles. The molecule has 1 heterocycles. The number of ether oxygens (including phenoxy) is 1. The Bertz CT molecular complexity index is 712. The van der Waals surface area contributed by atoms with E-state index in [0.717, 1.165) is 38.3 Å². The Morgan fingerprint density at radius 1 is 1.20 bits per heavy atom. The maximum Gasteiger partial charge on any atom is 0.255 e. The van der Waals surface area contributed by atoms with E-state index in [1.165, 1.54) is 5.56 Å². The summed E-state index contributed by atoms with van der Waals surface area (Å²) in [7, 11) is 2.16.